The van der Waals surface area contributed by atoms with E-state index >= 15 is 4.39 Å². The molecule has 0 spiro atoms. The molecule has 4 rings (SSSR count). The second kappa shape index (κ2) is 8.92. The molecule has 184 valence electrons. The Balaban J connectivity index is 1.70. The van der Waals surface area contributed by atoms with E-state index in [4.69, 9.17) is 9.47 Å². The number of hydrogen-bond acceptors (Lipinski definition) is 6. The first-order valence-corrected chi connectivity index (χ1v) is 11.8. The minimum Gasteiger partial charge on any atom is -0.462 e. The number of hydrogen-bond donors (Lipinski definition) is 1. The number of carbonyl (C=O) groups is 2. The van der Waals surface area contributed by atoms with Crippen LogP contribution in [-0.2, 0) is 9.47 Å². The Morgan fingerprint density at radius 1 is 1.24 bits per heavy atom. The van der Waals surface area contributed by atoms with Crippen molar-refractivity contribution in [1.29, 1.82) is 0 Å². The van der Waals surface area contributed by atoms with E-state index in [0.717, 1.165) is 18.4 Å². The van der Waals surface area contributed by atoms with Crippen LogP contribution in [0.15, 0.2) is 17.1 Å². The quantitative estimate of drug-likeness (QED) is 0.663. The molecule has 34 heavy (non-hydrogen) atoms. The highest BCUT2D eigenvalue weighted by Crippen LogP contribution is 2.44. The van der Waals surface area contributed by atoms with Crippen LogP contribution in [-0.4, -0.2) is 47.8 Å². The maximum Gasteiger partial charge on any atom is 0.407 e. The van der Waals surface area contributed by atoms with Gasteiger partial charge < -0.3 is 19.7 Å². The molecule has 1 aliphatic heterocycles. The van der Waals surface area contributed by atoms with Gasteiger partial charge in [-0.05, 0) is 77.0 Å². The van der Waals surface area contributed by atoms with Crippen molar-refractivity contribution in [2.24, 2.45) is 0 Å². The van der Waals surface area contributed by atoms with Gasteiger partial charge in [-0.3, -0.25) is 9.20 Å². The van der Waals surface area contributed by atoms with Gasteiger partial charge in [-0.25, -0.2) is 14.0 Å². The van der Waals surface area contributed by atoms with Crippen molar-refractivity contribution < 1.29 is 23.5 Å². The summed E-state index contributed by atoms with van der Waals surface area (Å²) >= 11 is 0. The number of carbonyl (C=O) groups excluding carboxylic acids is 2. The average Bonchev–Trinajstić information content (AvgIpc) is 3.47. The summed E-state index contributed by atoms with van der Waals surface area (Å²) in [5.74, 6) is -1.02. The SMILES string of the molecule is CCOC(=O)c1cc(C2CC2)c2c(C)c(N3CC[C@H](NC(=O)OC(C)(C)C)C3)c(F)cn2c1=O. The third-order valence-corrected chi connectivity index (χ3v) is 6.18. The number of halogens is 1. The molecule has 3 heterocycles. The van der Waals surface area contributed by atoms with Gasteiger partial charge in [0, 0.05) is 13.1 Å². The predicted molar refractivity (Wildman–Crippen MR) is 126 cm³/mol. The van der Waals surface area contributed by atoms with Crippen molar-refractivity contribution in [2.45, 2.75) is 71.4 Å². The lowest BCUT2D eigenvalue weighted by Crippen LogP contribution is -2.40. The fraction of sp³-hybridized carbons (Fsp3) is 0.560. The zero-order chi connectivity index (χ0) is 24.8. The molecule has 1 atom stereocenters. The number of amides is 1. The average molecular weight is 474 g/mol. The van der Waals surface area contributed by atoms with Crippen molar-refractivity contribution in [1.82, 2.24) is 9.72 Å². The molecule has 1 saturated carbocycles. The molecular weight excluding hydrogens is 441 g/mol. The zero-order valence-electron chi connectivity index (χ0n) is 20.4. The smallest absolute Gasteiger partial charge is 0.407 e. The number of fused-ring (bicyclic) bond motifs is 1. The highest BCUT2D eigenvalue weighted by atomic mass is 19.1. The van der Waals surface area contributed by atoms with E-state index in [1.807, 2.05) is 4.90 Å². The van der Waals surface area contributed by atoms with Gasteiger partial charge in [0.1, 0.15) is 11.2 Å². The fourth-order valence-electron chi connectivity index (χ4n) is 4.65. The number of esters is 1. The highest BCUT2D eigenvalue weighted by Gasteiger charge is 2.33. The number of nitrogens with one attached hydrogen (secondary N) is 1. The van der Waals surface area contributed by atoms with Gasteiger partial charge in [0.15, 0.2) is 5.82 Å². The molecule has 1 aliphatic carbocycles. The molecule has 2 aromatic rings. The number of rotatable bonds is 5. The zero-order valence-corrected chi connectivity index (χ0v) is 20.4. The molecule has 9 heteroatoms. The molecule has 1 saturated heterocycles. The topological polar surface area (TPSA) is 89.3 Å². The molecule has 0 bridgehead atoms. The lowest BCUT2D eigenvalue weighted by atomic mass is 10.0. The van der Waals surface area contributed by atoms with Crippen molar-refractivity contribution in [3.63, 3.8) is 0 Å². The Morgan fingerprint density at radius 3 is 2.56 bits per heavy atom. The summed E-state index contributed by atoms with van der Waals surface area (Å²) in [5.41, 5.74) is 1.31. The summed E-state index contributed by atoms with van der Waals surface area (Å²) in [6.07, 6.45) is 3.22. The largest absolute Gasteiger partial charge is 0.462 e. The van der Waals surface area contributed by atoms with Crippen molar-refractivity contribution in [3.8, 4) is 0 Å². The van der Waals surface area contributed by atoms with E-state index < -0.39 is 29.0 Å². The highest BCUT2D eigenvalue weighted by molar-refractivity contribution is 5.90. The minimum absolute atomic E-state index is 0.0735. The van der Waals surface area contributed by atoms with Crippen LogP contribution >= 0.6 is 0 Å². The second-order valence-corrected chi connectivity index (χ2v) is 10.1. The molecule has 1 N–H and O–H groups in total. The number of pyridine rings is 2. The van der Waals surface area contributed by atoms with Crippen molar-refractivity contribution in [3.05, 3.63) is 45.1 Å². The first-order chi connectivity index (χ1) is 16.0. The van der Waals surface area contributed by atoms with E-state index in [9.17, 15) is 14.4 Å². The third kappa shape index (κ3) is 4.74. The van der Waals surface area contributed by atoms with Gasteiger partial charge in [-0.2, -0.15) is 0 Å². The number of aryl methyl sites for hydroxylation is 1. The van der Waals surface area contributed by atoms with Crippen LogP contribution in [0.5, 0.6) is 0 Å². The van der Waals surface area contributed by atoms with Gasteiger partial charge in [-0.1, -0.05) is 0 Å². The van der Waals surface area contributed by atoms with E-state index in [2.05, 4.69) is 5.32 Å². The van der Waals surface area contributed by atoms with Crippen LogP contribution in [0.3, 0.4) is 0 Å². The summed E-state index contributed by atoms with van der Waals surface area (Å²) in [7, 11) is 0. The summed E-state index contributed by atoms with van der Waals surface area (Å²) in [6.45, 7) is 10.0. The summed E-state index contributed by atoms with van der Waals surface area (Å²) in [5, 5.41) is 2.86. The Labute approximate surface area is 198 Å². The number of ether oxygens (including phenoxy) is 2. The molecule has 0 aromatic carbocycles. The summed E-state index contributed by atoms with van der Waals surface area (Å²) < 4.78 is 27.1. The molecule has 2 aliphatic rings. The lowest BCUT2D eigenvalue weighted by molar-refractivity contribution is 0.0503. The molecular formula is C25H32FN3O5. The van der Waals surface area contributed by atoms with Gasteiger partial charge in [-0.15, -0.1) is 0 Å². The third-order valence-electron chi connectivity index (χ3n) is 6.18. The number of aromatic nitrogens is 1. The van der Waals surface area contributed by atoms with Crippen LogP contribution in [0, 0.1) is 12.7 Å². The Bertz CT molecular complexity index is 1200. The summed E-state index contributed by atoms with van der Waals surface area (Å²) in [4.78, 5) is 39.5. The van der Waals surface area contributed by atoms with Gasteiger partial charge >= 0.3 is 12.1 Å². The predicted octanol–water partition coefficient (Wildman–Crippen LogP) is 3.90. The number of alkyl carbamates (subject to hydrolysis) is 1. The van der Waals surface area contributed by atoms with Gasteiger partial charge in [0.05, 0.1) is 30.0 Å². The van der Waals surface area contributed by atoms with Gasteiger partial charge in [0.25, 0.3) is 5.56 Å². The molecule has 2 fully saturated rings. The van der Waals surface area contributed by atoms with Crippen LogP contribution in [0.1, 0.15) is 74.4 Å². The van der Waals surface area contributed by atoms with Crippen molar-refractivity contribution in [2.75, 3.05) is 24.6 Å². The molecule has 2 aromatic heterocycles. The minimum atomic E-state index is -0.693. The first-order valence-electron chi connectivity index (χ1n) is 11.8. The molecule has 0 unspecified atom stereocenters. The second-order valence-electron chi connectivity index (χ2n) is 10.1. The molecule has 8 nitrogen and oxygen atoms in total. The monoisotopic (exact) mass is 473 g/mol. The number of nitrogens with zero attached hydrogens (tertiary/aromatic N) is 2. The van der Waals surface area contributed by atoms with E-state index in [1.54, 1.807) is 40.7 Å². The van der Waals surface area contributed by atoms with E-state index in [-0.39, 0.29) is 24.1 Å². The summed E-state index contributed by atoms with van der Waals surface area (Å²) in [6, 6.07) is 1.44. The maximum absolute atomic E-state index is 15.4. The molecule has 0 radical (unpaired) electrons. The standard InChI is InChI=1S/C25H32FN3O5/c1-6-33-23(31)18-11-17(15-7-8-15)20-14(2)21(19(26)13-29(20)22(18)30)28-10-9-16(12-28)27-24(32)34-25(3,4)5/h11,13,15-16H,6-10,12H2,1-5H3,(H,27,32)/t16-/m0/s1. The lowest BCUT2D eigenvalue weighted by Gasteiger charge is -2.25. The normalized spacial score (nSPS) is 18.3. The Kier molecular flexibility index (Phi) is 6.31. The van der Waals surface area contributed by atoms with Crippen LogP contribution < -0.4 is 15.8 Å². The Hall–Kier alpha value is -3.10. The van der Waals surface area contributed by atoms with E-state index in [1.165, 1.54) is 10.6 Å². The Morgan fingerprint density at radius 2 is 1.94 bits per heavy atom. The van der Waals surface area contributed by atoms with Crippen LogP contribution in [0.2, 0.25) is 0 Å². The van der Waals surface area contributed by atoms with Gasteiger partial charge in [0.2, 0.25) is 0 Å². The fourth-order valence-corrected chi connectivity index (χ4v) is 4.65. The van der Waals surface area contributed by atoms with E-state index in [0.29, 0.717) is 36.3 Å². The first kappa shape index (κ1) is 24.0. The molecule has 1 amide bonds. The van der Waals surface area contributed by atoms with Crippen molar-refractivity contribution >= 4 is 23.3 Å². The maximum atomic E-state index is 15.4. The number of anilines is 1. The van der Waals surface area contributed by atoms with Crippen LogP contribution in [0.25, 0.3) is 5.52 Å². The van der Waals surface area contributed by atoms with Crippen LogP contribution in [0.4, 0.5) is 14.9 Å².